The molecular weight excluding hydrogens is 274 g/mol. The van der Waals surface area contributed by atoms with Gasteiger partial charge in [-0.25, -0.2) is 0 Å². The Morgan fingerprint density at radius 3 is 2.35 bits per heavy atom. The molecule has 3 atom stereocenters. The van der Waals surface area contributed by atoms with E-state index in [9.17, 15) is 0 Å². The van der Waals surface area contributed by atoms with Gasteiger partial charge < -0.3 is 5.32 Å². The predicted molar refractivity (Wildman–Crippen MR) is 77.4 cm³/mol. The van der Waals surface area contributed by atoms with E-state index in [0.29, 0.717) is 6.04 Å². The highest BCUT2D eigenvalue weighted by atomic mass is 79.9. The summed E-state index contributed by atoms with van der Waals surface area (Å²) in [5.74, 6) is 1.68. The summed E-state index contributed by atoms with van der Waals surface area (Å²) in [5, 5.41) is 3.52. The maximum absolute atomic E-state index is 3.72. The van der Waals surface area contributed by atoms with Crippen LogP contribution in [0.5, 0.6) is 0 Å². The molecule has 0 amide bonds. The molecule has 0 saturated heterocycles. The van der Waals surface area contributed by atoms with Crippen LogP contribution >= 0.6 is 15.9 Å². The molecule has 2 rings (SSSR count). The first-order chi connectivity index (χ1) is 7.97. The van der Waals surface area contributed by atoms with Crippen LogP contribution in [0.25, 0.3) is 0 Å². The van der Waals surface area contributed by atoms with E-state index in [1.54, 1.807) is 0 Å². The van der Waals surface area contributed by atoms with E-state index < -0.39 is 0 Å². The lowest BCUT2D eigenvalue weighted by Gasteiger charge is -2.23. The van der Waals surface area contributed by atoms with Crippen molar-refractivity contribution in [2.24, 2.45) is 11.8 Å². The van der Waals surface area contributed by atoms with Gasteiger partial charge in [-0.15, -0.1) is 0 Å². The molecule has 1 aliphatic rings. The van der Waals surface area contributed by atoms with E-state index in [2.05, 4.69) is 62.1 Å². The fourth-order valence-corrected chi connectivity index (χ4v) is 3.37. The van der Waals surface area contributed by atoms with Gasteiger partial charge in [0.2, 0.25) is 0 Å². The summed E-state index contributed by atoms with van der Waals surface area (Å²) in [7, 11) is 2.09. The van der Waals surface area contributed by atoms with Gasteiger partial charge in [0.05, 0.1) is 0 Å². The van der Waals surface area contributed by atoms with Crippen molar-refractivity contribution in [1.29, 1.82) is 0 Å². The lowest BCUT2D eigenvalue weighted by Crippen LogP contribution is -2.21. The Labute approximate surface area is 113 Å². The van der Waals surface area contributed by atoms with Gasteiger partial charge in [0.15, 0.2) is 0 Å². The van der Waals surface area contributed by atoms with Gasteiger partial charge >= 0.3 is 0 Å². The van der Waals surface area contributed by atoms with Gasteiger partial charge in [0, 0.05) is 10.5 Å². The highest BCUT2D eigenvalue weighted by Gasteiger charge is 2.40. The summed E-state index contributed by atoms with van der Waals surface area (Å²) in [6.07, 6.45) is 1.36. The molecule has 1 N–H and O–H groups in total. The Balaban J connectivity index is 2.46. The molecule has 17 heavy (non-hydrogen) atoms. The zero-order valence-corrected chi connectivity index (χ0v) is 13.0. The monoisotopic (exact) mass is 295 g/mol. The summed E-state index contributed by atoms with van der Waals surface area (Å²) in [6.45, 7) is 8.99. The van der Waals surface area contributed by atoms with Gasteiger partial charge in [-0.2, -0.15) is 0 Å². The third-order valence-corrected chi connectivity index (χ3v) is 5.38. The van der Waals surface area contributed by atoms with E-state index in [1.807, 2.05) is 0 Å². The Bertz CT molecular complexity index is 439. The molecule has 0 bridgehead atoms. The molecule has 1 aromatic carbocycles. The number of benzene rings is 1. The molecule has 0 aliphatic heterocycles. The Kier molecular flexibility index (Phi) is 3.65. The van der Waals surface area contributed by atoms with Gasteiger partial charge in [0.1, 0.15) is 0 Å². The molecule has 94 valence electrons. The summed E-state index contributed by atoms with van der Waals surface area (Å²) in [6, 6.07) is 2.81. The van der Waals surface area contributed by atoms with Crippen molar-refractivity contribution in [3.63, 3.8) is 0 Å². The normalized spacial score (nSPS) is 24.8. The van der Waals surface area contributed by atoms with E-state index in [0.717, 1.165) is 11.8 Å². The first-order valence-electron chi connectivity index (χ1n) is 6.40. The molecule has 1 nitrogen and oxygen atoms in total. The summed E-state index contributed by atoms with van der Waals surface area (Å²) in [4.78, 5) is 0. The van der Waals surface area contributed by atoms with Crippen LogP contribution in [0.4, 0.5) is 0 Å². The van der Waals surface area contributed by atoms with Crippen molar-refractivity contribution in [3.8, 4) is 0 Å². The van der Waals surface area contributed by atoms with E-state index >= 15 is 0 Å². The maximum Gasteiger partial charge on any atom is 0.0354 e. The molecule has 1 saturated carbocycles. The zero-order valence-electron chi connectivity index (χ0n) is 11.4. The predicted octanol–water partition coefficient (Wildman–Crippen LogP) is 4.29. The first kappa shape index (κ1) is 13.1. The third kappa shape index (κ3) is 2.30. The average Bonchev–Trinajstić information content (AvgIpc) is 2.98. The maximum atomic E-state index is 3.72. The van der Waals surface area contributed by atoms with Crippen molar-refractivity contribution < 1.29 is 0 Å². The standard InChI is InChI=1S/C15H22BrN/c1-8-7-12(8)15(17-5)13-9(2)6-10(3)14(16)11(13)4/h6,8,12,15,17H,7H2,1-5H3. The van der Waals surface area contributed by atoms with Crippen LogP contribution in [-0.4, -0.2) is 7.05 Å². The minimum atomic E-state index is 0.516. The molecule has 1 fully saturated rings. The molecule has 0 aromatic heterocycles. The van der Waals surface area contributed by atoms with Crippen LogP contribution < -0.4 is 5.32 Å². The minimum absolute atomic E-state index is 0.516. The number of rotatable bonds is 3. The molecule has 2 heteroatoms. The highest BCUT2D eigenvalue weighted by molar-refractivity contribution is 9.10. The fourth-order valence-electron chi connectivity index (χ4n) is 3.04. The van der Waals surface area contributed by atoms with Crippen LogP contribution in [0.1, 0.15) is 41.6 Å². The van der Waals surface area contributed by atoms with Crippen LogP contribution in [0.2, 0.25) is 0 Å². The second-order valence-electron chi connectivity index (χ2n) is 5.51. The molecule has 3 unspecified atom stereocenters. The van der Waals surface area contributed by atoms with Crippen LogP contribution in [-0.2, 0) is 0 Å². The van der Waals surface area contributed by atoms with Crippen molar-refractivity contribution in [1.82, 2.24) is 5.32 Å². The topological polar surface area (TPSA) is 12.0 Å². The van der Waals surface area contributed by atoms with Gasteiger partial charge in [-0.3, -0.25) is 0 Å². The van der Waals surface area contributed by atoms with Crippen molar-refractivity contribution >= 4 is 15.9 Å². The fraction of sp³-hybridized carbons (Fsp3) is 0.600. The Morgan fingerprint density at radius 2 is 1.88 bits per heavy atom. The van der Waals surface area contributed by atoms with Crippen LogP contribution in [0.3, 0.4) is 0 Å². The number of nitrogens with one attached hydrogen (secondary N) is 1. The minimum Gasteiger partial charge on any atom is -0.313 e. The second kappa shape index (κ2) is 4.74. The largest absolute Gasteiger partial charge is 0.313 e. The highest BCUT2D eigenvalue weighted by Crippen LogP contribution is 2.48. The van der Waals surface area contributed by atoms with E-state index in [1.165, 1.54) is 33.1 Å². The van der Waals surface area contributed by atoms with E-state index in [4.69, 9.17) is 0 Å². The van der Waals surface area contributed by atoms with Crippen molar-refractivity contribution in [2.45, 2.75) is 40.2 Å². The summed E-state index contributed by atoms with van der Waals surface area (Å²) < 4.78 is 1.27. The molecular formula is C15H22BrN. The third-order valence-electron chi connectivity index (χ3n) is 4.16. The smallest absolute Gasteiger partial charge is 0.0354 e. The summed E-state index contributed by atoms with van der Waals surface area (Å²) in [5.41, 5.74) is 5.66. The first-order valence-corrected chi connectivity index (χ1v) is 7.20. The molecule has 1 aliphatic carbocycles. The van der Waals surface area contributed by atoms with Gasteiger partial charge in [-0.1, -0.05) is 28.9 Å². The van der Waals surface area contributed by atoms with Crippen molar-refractivity contribution in [3.05, 3.63) is 32.8 Å². The number of hydrogen-bond donors (Lipinski definition) is 1. The van der Waals surface area contributed by atoms with Crippen LogP contribution in [0, 0.1) is 32.6 Å². The number of halogens is 1. The molecule has 0 heterocycles. The quantitative estimate of drug-likeness (QED) is 0.877. The lowest BCUT2D eigenvalue weighted by molar-refractivity contribution is 0.499. The number of aryl methyl sites for hydroxylation is 2. The molecule has 0 radical (unpaired) electrons. The lowest BCUT2D eigenvalue weighted by atomic mass is 9.91. The van der Waals surface area contributed by atoms with Gasteiger partial charge in [0.25, 0.3) is 0 Å². The summed E-state index contributed by atoms with van der Waals surface area (Å²) >= 11 is 3.72. The molecule has 1 aromatic rings. The Hall–Kier alpha value is -0.340. The zero-order chi connectivity index (χ0) is 12.7. The Morgan fingerprint density at radius 1 is 1.29 bits per heavy atom. The average molecular weight is 296 g/mol. The SMILES string of the molecule is CNC(c1c(C)cc(C)c(Br)c1C)C1CC1C. The number of hydrogen-bond acceptors (Lipinski definition) is 1. The van der Waals surface area contributed by atoms with Crippen molar-refractivity contribution in [2.75, 3.05) is 7.05 Å². The molecule has 0 spiro atoms. The van der Waals surface area contributed by atoms with Crippen LogP contribution in [0.15, 0.2) is 10.5 Å². The van der Waals surface area contributed by atoms with Gasteiger partial charge in [-0.05, 0) is 68.3 Å². The van der Waals surface area contributed by atoms with E-state index in [-0.39, 0.29) is 0 Å². The second-order valence-corrected chi connectivity index (χ2v) is 6.30.